The Kier molecular flexibility index (Phi) is 7.39. The lowest BCUT2D eigenvalue weighted by Gasteiger charge is -2.32. The summed E-state index contributed by atoms with van der Waals surface area (Å²) >= 11 is 0. The number of nitrogens with one attached hydrogen (secondary N) is 1. The molecule has 0 saturated carbocycles. The van der Waals surface area contributed by atoms with Crippen molar-refractivity contribution in [3.05, 3.63) is 30.1 Å². The van der Waals surface area contributed by atoms with Crippen molar-refractivity contribution in [1.29, 1.82) is 0 Å². The number of rotatable bonds is 4. The topological polar surface area (TPSA) is 103 Å². The first-order valence-electron chi connectivity index (χ1n) is 6.84. The van der Waals surface area contributed by atoms with Crippen LogP contribution < -0.4 is 4.72 Å². The Bertz CT molecular complexity index is 544. The standard InChI is InChI=1S/C12H20N4O2S.CH2O2/c1-11(12-4-3-5-13-10-12)14-19(17,18)16-8-6-15(2)7-9-16;2-1-3/h3-5,10-11,14H,6-9H2,1-2H3;1H,(H,2,3). The lowest BCUT2D eigenvalue weighted by Crippen LogP contribution is -2.51. The van der Waals surface area contributed by atoms with Crippen LogP contribution in [0, 0.1) is 0 Å². The van der Waals surface area contributed by atoms with E-state index in [4.69, 9.17) is 9.90 Å². The molecule has 1 aromatic rings. The zero-order valence-corrected chi connectivity index (χ0v) is 13.5. The van der Waals surface area contributed by atoms with Gasteiger partial charge in [-0.05, 0) is 25.6 Å². The zero-order valence-electron chi connectivity index (χ0n) is 12.7. The second kappa shape index (κ2) is 8.79. The summed E-state index contributed by atoms with van der Waals surface area (Å²) in [6.07, 6.45) is 3.35. The van der Waals surface area contributed by atoms with Gasteiger partial charge in [-0.25, -0.2) is 0 Å². The van der Waals surface area contributed by atoms with E-state index >= 15 is 0 Å². The molecule has 1 unspecified atom stereocenters. The summed E-state index contributed by atoms with van der Waals surface area (Å²) < 4.78 is 28.7. The lowest BCUT2D eigenvalue weighted by atomic mass is 10.2. The molecule has 0 radical (unpaired) electrons. The summed E-state index contributed by atoms with van der Waals surface area (Å²) in [7, 11) is -1.43. The van der Waals surface area contributed by atoms with Gasteiger partial charge in [-0.3, -0.25) is 9.78 Å². The van der Waals surface area contributed by atoms with Gasteiger partial charge in [-0.2, -0.15) is 17.4 Å². The second-order valence-electron chi connectivity index (χ2n) is 4.94. The van der Waals surface area contributed by atoms with Gasteiger partial charge >= 0.3 is 0 Å². The van der Waals surface area contributed by atoms with Crippen molar-refractivity contribution >= 4 is 16.7 Å². The molecule has 1 aromatic heterocycles. The second-order valence-corrected chi connectivity index (χ2v) is 6.64. The van der Waals surface area contributed by atoms with E-state index in [1.807, 2.05) is 20.0 Å². The summed E-state index contributed by atoms with van der Waals surface area (Å²) in [5, 5.41) is 6.89. The van der Waals surface area contributed by atoms with Gasteiger partial charge in [-0.1, -0.05) is 6.07 Å². The van der Waals surface area contributed by atoms with Gasteiger partial charge in [0.2, 0.25) is 0 Å². The molecule has 0 spiro atoms. The fourth-order valence-electron chi connectivity index (χ4n) is 2.03. The molecule has 1 fully saturated rings. The molecule has 0 aromatic carbocycles. The van der Waals surface area contributed by atoms with Crippen LogP contribution in [0.15, 0.2) is 24.5 Å². The van der Waals surface area contributed by atoms with Crippen LogP contribution in [0.5, 0.6) is 0 Å². The number of pyridine rings is 1. The van der Waals surface area contributed by atoms with Gasteiger partial charge in [-0.15, -0.1) is 0 Å². The Morgan fingerprint density at radius 2 is 1.95 bits per heavy atom. The first-order chi connectivity index (χ1) is 10.4. The third-order valence-electron chi connectivity index (χ3n) is 3.31. The Morgan fingerprint density at radius 3 is 2.45 bits per heavy atom. The average molecular weight is 330 g/mol. The Morgan fingerprint density at radius 1 is 1.36 bits per heavy atom. The van der Waals surface area contributed by atoms with E-state index in [-0.39, 0.29) is 12.5 Å². The first-order valence-corrected chi connectivity index (χ1v) is 8.28. The van der Waals surface area contributed by atoms with E-state index in [1.54, 1.807) is 18.5 Å². The largest absolute Gasteiger partial charge is 0.483 e. The number of hydrogen-bond donors (Lipinski definition) is 2. The summed E-state index contributed by atoms with van der Waals surface area (Å²) in [6, 6.07) is 3.39. The predicted octanol–water partition coefficient (Wildman–Crippen LogP) is -0.0748. The molecule has 124 valence electrons. The van der Waals surface area contributed by atoms with E-state index in [0.717, 1.165) is 18.7 Å². The lowest BCUT2D eigenvalue weighted by molar-refractivity contribution is -0.122. The van der Waals surface area contributed by atoms with Gasteiger partial charge in [0.05, 0.1) is 0 Å². The molecule has 2 N–H and O–H groups in total. The van der Waals surface area contributed by atoms with Crippen molar-refractivity contribution in [2.45, 2.75) is 13.0 Å². The highest BCUT2D eigenvalue weighted by molar-refractivity contribution is 7.87. The van der Waals surface area contributed by atoms with E-state index in [9.17, 15) is 8.42 Å². The van der Waals surface area contributed by atoms with Gasteiger partial charge in [0, 0.05) is 44.6 Å². The van der Waals surface area contributed by atoms with E-state index in [2.05, 4.69) is 14.6 Å². The number of aromatic nitrogens is 1. The van der Waals surface area contributed by atoms with Gasteiger partial charge < -0.3 is 10.0 Å². The number of hydrogen-bond acceptors (Lipinski definition) is 5. The van der Waals surface area contributed by atoms with Crippen LogP contribution in [0.1, 0.15) is 18.5 Å². The maximum atomic E-state index is 12.3. The molecule has 1 atom stereocenters. The predicted molar refractivity (Wildman–Crippen MR) is 82.5 cm³/mol. The van der Waals surface area contributed by atoms with Crippen molar-refractivity contribution in [2.24, 2.45) is 0 Å². The zero-order chi connectivity index (χ0) is 16.6. The molecule has 0 amide bonds. The Hall–Kier alpha value is -1.55. The molecule has 22 heavy (non-hydrogen) atoms. The van der Waals surface area contributed by atoms with Crippen LogP contribution in [0.4, 0.5) is 0 Å². The molecular formula is C13H22N4O4S. The van der Waals surface area contributed by atoms with Crippen molar-refractivity contribution in [3.8, 4) is 0 Å². The molecular weight excluding hydrogens is 308 g/mol. The SMILES string of the molecule is CC(NS(=O)(=O)N1CCN(C)CC1)c1cccnc1.O=CO. The molecule has 0 bridgehead atoms. The smallest absolute Gasteiger partial charge is 0.290 e. The maximum absolute atomic E-state index is 12.3. The van der Waals surface area contributed by atoms with Crippen LogP contribution in [0.25, 0.3) is 0 Å². The van der Waals surface area contributed by atoms with E-state index in [0.29, 0.717) is 13.1 Å². The minimum atomic E-state index is -3.43. The van der Waals surface area contributed by atoms with E-state index < -0.39 is 10.2 Å². The van der Waals surface area contributed by atoms with Crippen molar-refractivity contribution in [1.82, 2.24) is 18.9 Å². The Labute approximate surface area is 130 Å². The Balaban J connectivity index is 0.000000745. The molecule has 0 aliphatic carbocycles. The van der Waals surface area contributed by atoms with Crippen molar-refractivity contribution < 1.29 is 18.3 Å². The summed E-state index contributed by atoms with van der Waals surface area (Å²) in [6.45, 7) is 4.17. The summed E-state index contributed by atoms with van der Waals surface area (Å²) in [4.78, 5) is 14.5. The highest BCUT2D eigenvalue weighted by Crippen LogP contribution is 2.13. The van der Waals surface area contributed by atoms with Gasteiger partial charge in [0.1, 0.15) is 0 Å². The molecule has 9 heteroatoms. The van der Waals surface area contributed by atoms with Crippen LogP contribution >= 0.6 is 0 Å². The molecule has 2 rings (SSSR count). The van der Waals surface area contributed by atoms with Crippen LogP contribution in [-0.4, -0.2) is 67.4 Å². The van der Waals surface area contributed by atoms with E-state index in [1.165, 1.54) is 4.31 Å². The first kappa shape index (κ1) is 18.5. The minimum Gasteiger partial charge on any atom is -0.483 e. The summed E-state index contributed by atoms with van der Waals surface area (Å²) in [5.41, 5.74) is 0.861. The highest BCUT2D eigenvalue weighted by Gasteiger charge is 2.27. The minimum absolute atomic E-state index is 0.250. The average Bonchev–Trinajstić information content (AvgIpc) is 2.49. The highest BCUT2D eigenvalue weighted by atomic mass is 32.2. The van der Waals surface area contributed by atoms with Crippen molar-refractivity contribution in [3.63, 3.8) is 0 Å². The van der Waals surface area contributed by atoms with Crippen LogP contribution in [0.2, 0.25) is 0 Å². The van der Waals surface area contributed by atoms with Crippen LogP contribution in [0.3, 0.4) is 0 Å². The molecule has 2 heterocycles. The van der Waals surface area contributed by atoms with Crippen molar-refractivity contribution in [2.75, 3.05) is 33.2 Å². The fraction of sp³-hybridized carbons (Fsp3) is 0.538. The molecule has 1 aliphatic rings. The maximum Gasteiger partial charge on any atom is 0.290 e. The monoisotopic (exact) mass is 330 g/mol. The third-order valence-corrected chi connectivity index (χ3v) is 5.01. The summed E-state index contributed by atoms with van der Waals surface area (Å²) in [5.74, 6) is 0. The molecule has 1 aliphatic heterocycles. The fourth-order valence-corrected chi connectivity index (χ4v) is 3.40. The normalized spacial score (nSPS) is 18.1. The number of carbonyl (C=O) groups is 1. The number of nitrogens with zero attached hydrogens (tertiary/aromatic N) is 3. The molecule has 8 nitrogen and oxygen atoms in total. The van der Waals surface area contributed by atoms with Crippen LogP contribution in [-0.2, 0) is 15.0 Å². The number of likely N-dealkylation sites (N-methyl/N-ethyl adjacent to an activating group) is 1. The number of piperazine rings is 1. The van der Waals surface area contributed by atoms with Gasteiger partial charge in [0.15, 0.2) is 0 Å². The molecule has 1 saturated heterocycles. The number of carboxylic acid groups (broad SMARTS) is 1. The third kappa shape index (κ3) is 5.68. The van der Waals surface area contributed by atoms with Gasteiger partial charge in [0.25, 0.3) is 16.7 Å². The quantitative estimate of drug-likeness (QED) is 0.749.